The minimum atomic E-state index is -0.540. The molecule has 4 atom stereocenters. The first-order valence-electron chi connectivity index (χ1n) is 19.7. The highest BCUT2D eigenvalue weighted by Gasteiger charge is 2.51. The maximum atomic E-state index is 13.3. The first kappa shape index (κ1) is 35.9. The lowest BCUT2D eigenvalue weighted by Crippen LogP contribution is -2.61. The summed E-state index contributed by atoms with van der Waals surface area (Å²) in [5.74, 6) is 2.47. The Bertz CT molecular complexity index is 1800. The number of nitrogens with one attached hydrogen (secondary N) is 2. The number of aliphatic hydroxyl groups is 1. The van der Waals surface area contributed by atoms with Gasteiger partial charge in [0.05, 0.1) is 18.8 Å². The van der Waals surface area contributed by atoms with Crippen molar-refractivity contribution in [1.29, 1.82) is 0 Å². The molecule has 1 aromatic heterocycles. The fourth-order valence-corrected chi connectivity index (χ4v) is 10.1. The number of hydrogen-bond donors (Lipinski definition) is 3. The Labute approximate surface area is 314 Å². The number of aromatic nitrogens is 1. The third kappa shape index (κ3) is 8.21. The molecule has 1 aliphatic heterocycles. The molecule has 1 saturated heterocycles. The molecule has 2 amide bonds. The second-order valence-corrected chi connectivity index (χ2v) is 16.4. The molecule has 3 N–H and O–H groups in total. The predicted octanol–water partition coefficient (Wildman–Crippen LogP) is 7.97. The zero-order valence-corrected chi connectivity index (χ0v) is 31.1. The molecular weight excluding hydrogens is 661 g/mol. The lowest BCUT2D eigenvalue weighted by Gasteiger charge is -2.56. The molecule has 4 bridgehead atoms. The summed E-state index contributed by atoms with van der Waals surface area (Å²) in [6, 6.07) is 30.9. The van der Waals surface area contributed by atoms with Gasteiger partial charge in [-0.3, -0.25) is 4.98 Å². The summed E-state index contributed by atoms with van der Waals surface area (Å²) < 4.78 is 13.5. The van der Waals surface area contributed by atoms with E-state index in [0.717, 1.165) is 95.6 Å². The van der Waals surface area contributed by atoms with Crippen molar-refractivity contribution in [2.24, 2.45) is 23.7 Å². The van der Waals surface area contributed by atoms with Crippen LogP contribution in [0.15, 0.2) is 97.2 Å². The van der Waals surface area contributed by atoms with Gasteiger partial charge in [-0.2, -0.15) is 0 Å². The summed E-state index contributed by atoms with van der Waals surface area (Å²) in [5, 5.41) is 16.3. The van der Waals surface area contributed by atoms with E-state index in [4.69, 9.17) is 9.47 Å². The van der Waals surface area contributed by atoms with Crippen molar-refractivity contribution >= 4 is 6.03 Å². The number of benzene rings is 3. The number of aliphatic hydroxyl groups excluding tert-OH is 1. The molecule has 4 aromatic rings. The number of hydrogen-bond acceptors (Lipinski definition) is 6. The first-order valence-corrected chi connectivity index (χ1v) is 19.7. The summed E-state index contributed by atoms with van der Waals surface area (Å²) in [6.45, 7) is 4.31. The van der Waals surface area contributed by atoms with Crippen LogP contribution in [0.3, 0.4) is 0 Å². The summed E-state index contributed by atoms with van der Waals surface area (Å²) in [4.78, 5) is 20.1. The second-order valence-electron chi connectivity index (χ2n) is 16.4. The summed E-state index contributed by atoms with van der Waals surface area (Å²) in [6.07, 6.45) is 9.44. The van der Waals surface area contributed by atoms with Crippen LogP contribution in [-0.2, 0) is 29.0 Å². The summed E-state index contributed by atoms with van der Waals surface area (Å²) in [7, 11) is 2.14. The minimum absolute atomic E-state index is 0.00874. The van der Waals surface area contributed by atoms with Crippen LogP contribution >= 0.6 is 0 Å². The zero-order valence-electron chi connectivity index (χ0n) is 31.1. The van der Waals surface area contributed by atoms with Crippen molar-refractivity contribution in [3.63, 3.8) is 0 Å². The standard InChI is InChI=1S/C45H54N4O4/c1-30-41(28-49(2)20-18-39-8-5-6-19-46-39)52-43(53-42(30)36-12-10-31(29-50)11-13-36)37-16-14-35(15-17-37)40-9-4-3-7-38(40)27-47-44(51)48-45-24-32-21-33(25-45)23-34(22-32)26-45/h3-17,19,30,32-34,41-43,50H,18,20-29H2,1-2H3,(H2,47,48,51). The largest absolute Gasteiger partial charge is 0.392 e. The summed E-state index contributed by atoms with van der Waals surface area (Å²) in [5.41, 5.74) is 7.26. The lowest BCUT2D eigenvalue weighted by atomic mass is 9.53. The SMILES string of the molecule is CC1C(CN(C)CCc2ccccn2)OC(c2ccc(-c3ccccc3CNC(=O)NC34CC5CC(CC(C5)C3)C4)cc2)OC1c1ccc(CO)cc1. The highest BCUT2D eigenvalue weighted by atomic mass is 16.7. The number of carbonyl (C=O) groups excluding carboxylic acids is 1. The van der Waals surface area contributed by atoms with Gasteiger partial charge in [-0.05, 0) is 103 Å². The fourth-order valence-electron chi connectivity index (χ4n) is 10.1. The maximum absolute atomic E-state index is 13.3. The van der Waals surface area contributed by atoms with Crippen LogP contribution < -0.4 is 10.6 Å². The minimum Gasteiger partial charge on any atom is -0.392 e. The van der Waals surface area contributed by atoms with Crippen molar-refractivity contribution in [3.05, 3.63) is 125 Å². The number of pyridine rings is 1. The van der Waals surface area contributed by atoms with Gasteiger partial charge in [0.15, 0.2) is 6.29 Å². The number of urea groups is 1. The van der Waals surface area contributed by atoms with Crippen LogP contribution in [0.4, 0.5) is 4.79 Å². The quantitative estimate of drug-likeness (QED) is 0.138. The van der Waals surface area contributed by atoms with E-state index in [1.54, 1.807) is 0 Å². The Hall–Kier alpha value is -4.08. The lowest BCUT2D eigenvalue weighted by molar-refractivity contribution is -0.275. The van der Waals surface area contributed by atoms with Gasteiger partial charge in [-0.15, -0.1) is 0 Å². The molecule has 5 fully saturated rings. The summed E-state index contributed by atoms with van der Waals surface area (Å²) >= 11 is 0. The van der Waals surface area contributed by atoms with Crippen LogP contribution in [-0.4, -0.2) is 52.8 Å². The number of amides is 2. The molecule has 3 aromatic carbocycles. The van der Waals surface area contributed by atoms with Gasteiger partial charge in [0.25, 0.3) is 0 Å². The van der Waals surface area contributed by atoms with Crippen LogP contribution in [0.2, 0.25) is 0 Å². The van der Waals surface area contributed by atoms with E-state index in [2.05, 4.69) is 95.2 Å². The van der Waals surface area contributed by atoms with Crippen LogP contribution in [0, 0.1) is 23.7 Å². The molecular formula is C45H54N4O4. The molecule has 5 aliphatic rings. The van der Waals surface area contributed by atoms with Crippen molar-refractivity contribution < 1.29 is 19.4 Å². The van der Waals surface area contributed by atoms with Gasteiger partial charge in [0.1, 0.15) is 0 Å². The molecule has 0 radical (unpaired) electrons. The van der Waals surface area contributed by atoms with E-state index in [9.17, 15) is 9.90 Å². The normalized spacial score (nSPS) is 28.9. The molecule has 0 spiro atoms. The smallest absolute Gasteiger partial charge is 0.315 e. The van der Waals surface area contributed by atoms with Crippen molar-refractivity contribution in [2.75, 3.05) is 20.1 Å². The van der Waals surface area contributed by atoms with E-state index < -0.39 is 6.29 Å². The predicted molar refractivity (Wildman–Crippen MR) is 207 cm³/mol. The van der Waals surface area contributed by atoms with Gasteiger partial charge < -0.3 is 30.1 Å². The van der Waals surface area contributed by atoms with Crippen LogP contribution in [0.5, 0.6) is 0 Å². The van der Waals surface area contributed by atoms with Crippen molar-refractivity contribution in [2.45, 2.75) is 89.1 Å². The van der Waals surface area contributed by atoms with Crippen LogP contribution in [0.25, 0.3) is 11.1 Å². The Kier molecular flexibility index (Phi) is 10.7. The zero-order chi connectivity index (χ0) is 36.4. The van der Waals surface area contributed by atoms with E-state index >= 15 is 0 Å². The Morgan fingerprint density at radius 1 is 0.868 bits per heavy atom. The number of likely N-dealkylation sites (N-methyl/N-ethyl adjacent to an activating group) is 1. The van der Waals surface area contributed by atoms with Crippen LogP contribution in [0.1, 0.15) is 85.8 Å². The molecule has 2 heterocycles. The molecule has 4 unspecified atom stereocenters. The van der Waals surface area contributed by atoms with Crippen molar-refractivity contribution in [1.82, 2.24) is 20.5 Å². The molecule has 4 aliphatic carbocycles. The van der Waals surface area contributed by atoms with Gasteiger partial charge in [-0.25, -0.2) is 4.79 Å². The van der Waals surface area contributed by atoms with Gasteiger partial charge >= 0.3 is 6.03 Å². The number of carbonyl (C=O) groups is 1. The molecule has 9 rings (SSSR count). The molecule has 4 saturated carbocycles. The van der Waals surface area contributed by atoms with Gasteiger partial charge in [-0.1, -0.05) is 85.8 Å². The van der Waals surface area contributed by atoms with Gasteiger partial charge in [0.2, 0.25) is 0 Å². The highest BCUT2D eigenvalue weighted by molar-refractivity contribution is 5.76. The average molecular weight is 715 g/mol. The Morgan fingerprint density at radius 3 is 2.23 bits per heavy atom. The second kappa shape index (κ2) is 15.7. The Balaban J connectivity index is 0.950. The monoisotopic (exact) mass is 714 g/mol. The third-order valence-corrected chi connectivity index (χ3v) is 12.5. The molecule has 8 nitrogen and oxygen atoms in total. The van der Waals surface area contributed by atoms with E-state index in [-0.39, 0.29) is 36.3 Å². The van der Waals surface area contributed by atoms with E-state index in [1.807, 2.05) is 36.5 Å². The first-order chi connectivity index (χ1) is 25.8. The van der Waals surface area contributed by atoms with E-state index in [1.165, 1.54) is 19.3 Å². The molecule has 53 heavy (non-hydrogen) atoms. The Morgan fingerprint density at radius 2 is 1.55 bits per heavy atom. The highest BCUT2D eigenvalue weighted by Crippen LogP contribution is 2.55. The van der Waals surface area contributed by atoms with E-state index in [0.29, 0.717) is 6.54 Å². The fraction of sp³-hybridized carbons (Fsp3) is 0.467. The number of ether oxygens (including phenoxy) is 2. The topological polar surface area (TPSA) is 96.0 Å². The molecule has 278 valence electrons. The van der Waals surface area contributed by atoms with Crippen molar-refractivity contribution in [3.8, 4) is 11.1 Å². The number of nitrogens with zero attached hydrogens (tertiary/aromatic N) is 2. The maximum Gasteiger partial charge on any atom is 0.315 e. The average Bonchev–Trinajstić information content (AvgIpc) is 3.17. The van der Waals surface area contributed by atoms with Gasteiger partial charge in [0, 0.05) is 55.0 Å². The molecule has 8 heteroatoms. The third-order valence-electron chi connectivity index (χ3n) is 12.5. The number of rotatable bonds is 12.